The highest BCUT2D eigenvalue weighted by atomic mass is 32.2. The van der Waals surface area contributed by atoms with Crippen LogP contribution in [0.15, 0.2) is 10.6 Å². The molecule has 14 heavy (non-hydrogen) atoms. The number of hydrogen-bond acceptors (Lipinski definition) is 3. The zero-order chi connectivity index (χ0) is 10.6. The van der Waals surface area contributed by atoms with Crippen LogP contribution in [0.1, 0.15) is 11.5 Å². The van der Waals surface area contributed by atoms with Crippen LogP contribution in [0.2, 0.25) is 25.7 Å². The van der Waals surface area contributed by atoms with Crippen LogP contribution in [0.4, 0.5) is 0 Å². The number of hydrogen-bond donors (Lipinski definition) is 0. The molecule has 0 aliphatic heterocycles. The van der Waals surface area contributed by atoms with Crippen LogP contribution in [0, 0.1) is 6.92 Å². The number of thioether (sulfide) groups is 1. The van der Waals surface area contributed by atoms with E-state index in [4.69, 9.17) is 4.52 Å². The van der Waals surface area contributed by atoms with Crippen molar-refractivity contribution in [1.29, 1.82) is 0 Å². The van der Waals surface area contributed by atoms with Gasteiger partial charge in [-0.3, -0.25) is 0 Å². The van der Waals surface area contributed by atoms with E-state index >= 15 is 0 Å². The first-order chi connectivity index (χ1) is 6.47. The van der Waals surface area contributed by atoms with Crippen molar-refractivity contribution >= 4 is 19.8 Å². The Labute approximate surface area is 91.5 Å². The molecule has 0 saturated carbocycles. The molecule has 0 aromatic carbocycles. The third-order valence-electron chi connectivity index (χ3n) is 1.92. The van der Waals surface area contributed by atoms with Gasteiger partial charge < -0.3 is 4.52 Å². The molecule has 1 rings (SSSR count). The van der Waals surface area contributed by atoms with Crippen molar-refractivity contribution in [1.82, 2.24) is 5.16 Å². The molecule has 0 N–H and O–H groups in total. The molecule has 0 spiro atoms. The third kappa shape index (κ3) is 4.86. The lowest BCUT2D eigenvalue weighted by Gasteiger charge is -2.14. The molecule has 0 atom stereocenters. The topological polar surface area (TPSA) is 26.0 Å². The van der Waals surface area contributed by atoms with Crippen molar-refractivity contribution < 1.29 is 4.52 Å². The fourth-order valence-corrected chi connectivity index (χ4v) is 4.54. The Morgan fingerprint density at radius 2 is 2.14 bits per heavy atom. The molecule has 0 bridgehead atoms. The van der Waals surface area contributed by atoms with Gasteiger partial charge in [-0.2, -0.15) is 11.8 Å². The molecule has 0 saturated heterocycles. The van der Waals surface area contributed by atoms with E-state index in [2.05, 4.69) is 24.8 Å². The van der Waals surface area contributed by atoms with Crippen molar-refractivity contribution in [2.24, 2.45) is 0 Å². The van der Waals surface area contributed by atoms with Gasteiger partial charge in [0.2, 0.25) is 0 Å². The maximum atomic E-state index is 5.14. The lowest BCUT2D eigenvalue weighted by Crippen LogP contribution is -2.19. The summed E-state index contributed by atoms with van der Waals surface area (Å²) in [5.41, 5.74) is 0.978. The van der Waals surface area contributed by atoms with Gasteiger partial charge in [-0.1, -0.05) is 24.8 Å². The molecular formula is C10H19NOSSi. The van der Waals surface area contributed by atoms with Gasteiger partial charge in [-0.05, 0) is 18.7 Å². The summed E-state index contributed by atoms with van der Waals surface area (Å²) in [7, 11) is -0.857. The number of nitrogens with zero attached hydrogens (tertiary/aromatic N) is 1. The van der Waals surface area contributed by atoms with Gasteiger partial charge in [0.15, 0.2) is 0 Å². The summed E-state index contributed by atoms with van der Waals surface area (Å²) in [6, 6.07) is 3.40. The summed E-state index contributed by atoms with van der Waals surface area (Å²) in [5.74, 6) is 3.21. The smallest absolute Gasteiger partial charge is 0.146 e. The Kier molecular flexibility index (Phi) is 4.25. The normalized spacial score (nSPS) is 12.0. The van der Waals surface area contributed by atoms with Crippen molar-refractivity contribution in [3.8, 4) is 0 Å². The summed E-state index contributed by atoms with van der Waals surface area (Å²) in [4.78, 5) is 0. The molecule has 1 heterocycles. The number of aryl methyl sites for hydroxylation is 1. The Morgan fingerprint density at radius 3 is 2.64 bits per heavy atom. The number of rotatable bonds is 5. The third-order valence-corrected chi connectivity index (χ3v) is 5.01. The van der Waals surface area contributed by atoms with Gasteiger partial charge in [0.25, 0.3) is 0 Å². The van der Waals surface area contributed by atoms with Crippen LogP contribution < -0.4 is 0 Å². The fourth-order valence-electron chi connectivity index (χ4n) is 1.04. The molecule has 0 radical (unpaired) electrons. The Balaban J connectivity index is 2.16. The SMILES string of the molecule is Cc1cc(CSCC[Si](C)(C)C)on1. The van der Waals surface area contributed by atoms with Gasteiger partial charge in [0.05, 0.1) is 11.4 Å². The predicted molar refractivity (Wildman–Crippen MR) is 65.6 cm³/mol. The van der Waals surface area contributed by atoms with Crippen LogP contribution in [0.5, 0.6) is 0 Å². The first kappa shape index (κ1) is 11.8. The average Bonchev–Trinajstić information content (AvgIpc) is 2.44. The number of aromatic nitrogens is 1. The molecule has 4 heteroatoms. The lowest BCUT2D eigenvalue weighted by molar-refractivity contribution is 0.391. The van der Waals surface area contributed by atoms with Crippen LogP contribution in [-0.4, -0.2) is 19.0 Å². The minimum atomic E-state index is -0.857. The standard InChI is InChI=1S/C10H19NOSSi/c1-9-7-10(12-11-9)8-13-5-6-14(2,3)4/h7H,5-6,8H2,1-4H3. The van der Waals surface area contributed by atoms with Gasteiger partial charge >= 0.3 is 0 Å². The largest absolute Gasteiger partial charge is 0.360 e. The van der Waals surface area contributed by atoms with E-state index in [1.54, 1.807) is 0 Å². The Bertz CT molecular complexity index is 280. The molecule has 1 aromatic rings. The molecule has 2 nitrogen and oxygen atoms in total. The molecule has 1 aromatic heterocycles. The second-order valence-electron chi connectivity index (χ2n) is 4.80. The van der Waals surface area contributed by atoms with Crippen molar-refractivity contribution in [3.63, 3.8) is 0 Å². The first-order valence-electron chi connectivity index (χ1n) is 4.97. The summed E-state index contributed by atoms with van der Waals surface area (Å²) in [5, 5.41) is 3.86. The highest BCUT2D eigenvalue weighted by Gasteiger charge is 2.12. The van der Waals surface area contributed by atoms with Crippen LogP contribution in [0.3, 0.4) is 0 Å². The molecule has 0 fully saturated rings. The summed E-state index contributed by atoms with van der Waals surface area (Å²) in [6.45, 7) is 9.18. The molecule has 0 aliphatic carbocycles. The average molecular weight is 229 g/mol. The van der Waals surface area contributed by atoms with Gasteiger partial charge in [-0.25, -0.2) is 0 Å². The van der Waals surface area contributed by atoms with Crippen LogP contribution in [-0.2, 0) is 5.75 Å². The van der Waals surface area contributed by atoms with Gasteiger partial charge in [-0.15, -0.1) is 0 Å². The van der Waals surface area contributed by atoms with Crippen molar-refractivity contribution in [2.75, 3.05) is 5.75 Å². The molecule has 0 amide bonds. The van der Waals surface area contributed by atoms with E-state index in [9.17, 15) is 0 Å². The fraction of sp³-hybridized carbons (Fsp3) is 0.700. The van der Waals surface area contributed by atoms with E-state index in [1.807, 2.05) is 24.8 Å². The molecule has 80 valence electrons. The zero-order valence-electron chi connectivity index (χ0n) is 9.46. The highest BCUT2D eigenvalue weighted by Crippen LogP contribution is 2.18. The summed E-state index contributed by atoms with van der Waals surface area (Å²) >= 11 is 1.95. The summed E-state index contributed by atoms with van der Waals surface area (Å²) < 4.78 is 5.14. The maximum Gasteiger partial charge on any atom is 0.146 e. The first-order valence-corrected chi connectivity index (χ1v) is 9.83. The second kappa shape index (κ2) is 5.03. The van der Waals surface area contributed by atoms with Crippen LogP contribution >= 0.6 is 11.8 Å². The second-order valence-corrected chi connectivity index (χ2v) is 11.5. The molecule has 0 aliphatic rings. The predicted octanol–water partition coefficient (Wildman–Crippen LogP) is 3.55. The van der Waals surface area contributed by atoms with E-state index in [0.29, 0.717) is 0 Å². The van der Waals surface area contributed by atoms with Crippen molar-refractivity contribution in [2.45, 2.75) is 38.4 Å². The minimum absolute atomic E-state index is 0.857. The van der Waals surface area contributed by atoms with E-state index in [1.165, 1.54) is 11.8 Å². The highest BCUT2D eigenvalue weighted by molar-refractivity contribution is 7.98. The Morgan fingerprint density at radius 1 is 1.43 bits per heavy atom. The van der Waals surface area contributed by atoms with E-state index in [0.717, 1.165) is 17.2 Å². The Hall–Kier alpha value is -0.223. The van der Waals surface area contributed by atoms with E-state index in [-0.39, 0.29) is 0 Å². The lowest BCUT2D eigenvalue weighted by atomic mass is 10.4. The monoisotopic (exact) mass is 229 g/mol. The van der Waals surface area contributed by atoms with E-state index < -0.39 is 8.07 Å². The van der Waals surface area contributed by atoms with Gasteiger partial charge in [0, 0.05) is 14.1 Å². The molecular weight excluding hydrogens is 210 g/mol. The molecule has 0 unspecified atom stereocenters. The zero-order valence-corrected chi connectivity index (χ0v) is 11.3. The summed E-state index contributed by atoms with van der Waals surface area (Å²) in [6.07, 6.45) is 0. The quantitative estimate of drug-likeness (QED) is 0.570. The minimum Gasteiger partial charge on any atom is -0.360 e. The van der Waals surface area contributed by atoms with Gasteiger partial charge in [0.1, 0.15) is 5.76 Å². The van der Waals surface area contributed by atoms with Crippen molar-refractivity contribution in [3.05, 3.63) is 17.5 Å². The maximum absolute atomic E-state index is 5.14. The van der Waals surface area contributed by atoms with Crippen LogP contribution in [0.25, 0.3) is 0 Å².